The lowest BCUT2D eigenvalue weighted by Crippen LogP contribution is -2.26. The van der Waals surface area contributed by atoms with Gasteiger partial charge in [-0.2, -0.15) is 5.10 Å². The van der Waals surface area contributed by atoms with Crippen molar-refractivity contribution in [2.45, 2.75) is 39.0 Å². The van der Waals surface area contributed by atoms with E-state index in [1.807, 2.05) is 48.9 Å². The summed E-state index contributed by atoms with van der Waals surface area (Å²) in [6.45, 7) is 7.47. The Bertz CT molecular complexity index is 998. The van der Waals surface area contributed by atoms with Crippen molar-refractivity contribution in [2.24, 2.45) is 0 Å². The minimum atomic E-state index is -3.62. The minimum Gasteiger partial charge on any atom is -0.360 e. The van der Waals surface area contributed by atoms with Gasteiger partial charge in [0.05, 0.1) is 11.4 Å². The molecule has 0 aliphatic heterocycles. The van der Waals surface area contributed by atoms with Gasteiger partial charge in [0.1, 0.15) is 10.6 Å². The number of nitrogens with one attached hydrogen (secondary N) is 1. The van der Waals surface area contributed by atoms with Gasteiger partial charge in [0, 0.05) is 12.2 Å². The Hall–Kier alpha value is -2.45. The van der Waals surface area contributed by atoms with Crippen LogP contribution in [0.2, 0.25) is 0 Å². The molecule has 0 saturated heterocycles. The number of rotatable bonds is 6. The third-order valence-corrected chi connectivity index (χ3v) is 5.84. The van der Waals surface area contributed by atoms with Gasteiger partial charge in [-0.1, -0.05) is 17.3 Å². The fraction of sp³-hybridized carbons (Fsp3) is 0.333. The van der Waals surface area contributed by atoms with Crippen molar-refractivity contribution in [3.05, 3.63) is 58.7 Å². The van der Waals surface area contributed by atoms with E-state index < -0.39 is 10.0 Å². The molecule has 138 valence electrons. The van der Waals surface area contributed by atoms with Crippen LogP contribution in [0.3, 0.4) is 0 Å². The topological polar surface area (TPSA) is 90.0 Å². The molecule has 2 aromatic heterocycles. The average molecular weight is 374 g/mol. The monoisotopic (exact) mass is 374 g/mol. The van der Waals surface area contributed by atoms with Crippen LogP contribution in [0.1, 0.15) is 28.4 Å². The standard InChI is InChI=1S/C18H22N4O3S/c1-12-11-13(2)22(20-12)17-7-5-16(6-8-17)9-10-19-26(23,24)18-14(3)21-25-15(18)4/h5-8,11,19H,9-10H2,1-4H3. The molecule has 0 fully saturated rings. The molecule has 0 bridgehead atoms. The highest BCUT2D eigenvalue weighted by Crippen LogP contribution is 2.18. The molecule has 0 spiro atoms. The molecule has 3 aromatic rings. The van der Waals surface area contributed by atoms with E-state index in [0.29, 0.717) is 24.4 Å². The molecule has 0 radical (unpaired) electrons. The van der Waals surface area contributed by atoms with E-state index in [-0.39, 0.29) is 4.90 Å². The van der Waals surface area contributed by atoms with Crippen LogP contribution in [0.4, 0.5) is 0 Å². The van der Waals surface area contributed by atoms with Gasteiger partial charge in [-0.05, 0) is 57.9 Å². The molecular weight excluding hydrogens is 352 g/mol. The van der Waals surface area contributed by atoms with Crippen LogP contribution < -0.4 is 4.72 Å². The molecular formula is C18H22N4O3S. The Kier molecular flexibility index (Phi) is 4.97. The molecule has 0 unspecified atom stereocenters. The second kappa shape index (κ2) is 7.05. The number of benzene rings is 1. The number of hydrogen-bond donors (Lipinski definition) is 1. The fourth-order valence-electron chi connectivity index (χ4n) is 2.95. The third kappa shape index (κ3) is 3.71. The van der Waals surface area contributed by atoms with Gasteiger partial charge in [0.25, 0.3) is 0 Å². The van der Waals surface area contributed by atoms with Crippen LogP contribution >= 0.6 is 0 Å². The first-order chi connectivity index (χ1) is 12.3. The lowest BCUT2D eigenvalue weighted by molar-refractivity contribution is 0.390. The molecule has 1 N–H and O–H groups in total. The smallest absolute Gasteiger partial charge is 0.245 e. The Morgan fingerprint density at radius 1 is 1.12 bits per heavy atom. The second-order valence-corrected chi connectivity index (χ2v) is 8.01. The van der Waals surface area contributed by atoms with E-state index in [4.69, 9.17) is 4.52 Å². The quantitative estimate of drug-likeness (QED) is 0.716. The van der Waals surface area contributed by atoms with Crippen LogP contribution in [0.15, 0.2) is 39.8 Å². The van der Waals surface area contributed by atoms with E-state index in [0.717, 1.165) is 22.6 Å². The molecule has 0 atom stereocenters. The van der Waals surface area contributed by atoms with E-state index in [1.165, 1.54) is 0 Å². The Balaban J connectivity index is 1.65. The van der Waals surface area contributed by atoms with Crippen molar-refractivity contribution in [3.8, 4) is 5.69 Å². The Labute approximate surface area is 153 Å². The van der Waals surface area contributed by atoms with Crippen LogP contribution in [-0.4, -0.2) is 29.9 Å². The lowest BCUT2D eigenvalue weighted by Gasteiger charge is -2.08. The first-order valence-electron chi connectivity index (χ1n) is 8.33. The van der Waals surface area contributed by atoms with Crippen molar-refractivity contribution in [1.29, 1.82) is 0 Å². The molecule has 0 aliphatic carbocycles. The zero-order chi connectivity index (χ0) is 18.9. The Morgan fingerprint density at radius 2 is 1.81 bits per heavy atom. The molecule has 0 aliphatic rings. The summed E-state index contributed by atoms with van der Waals surface area (Å²) in [6.07, 6.45) is 0.583. The van der Waals surface area contributed by atoms with Crippen molar-refractivity contribution in [1.82, 2.24) is 19.7 Å². The second-order valence-electron chi connectivity index (χ2n) is 6.31. The zero-order valence-corrected chi connectivity index (χ0v) is 16.1. The maximum absolute atomic E-state index is 12.4. The van der Waals surface area contributed by atoms with Crippen molar-refractivity contribution in [3.63, 3.8) is 0 Å². The van der Waals surface area contributed by atoms with Crippen LogP contribution in [0.25, 0.3) is 5.69 Å². The highest BCUT2D eigenvalue weighted by Gasteiger charge is 2.23. The number of hydrogen-bond acceptors (Lipinski definition) is 5. The number of aromatic nitrogens is 3. The summed E-state index contributed by atoms with van der Waals surface area (Å²) >= 11 is 0. The summed E-state index contributed by atoms with van der Waals surface area (Å²) in [5.74, 6) is 0.296. The Morgan fingerprint density at radius 3 is 2.35 bits per heavy atom. The van der Waals surface area contributed by atoms with Crippen LogP contribution in [0.5, 0.6) is 0 Å². The summed E-state index contributed by atoms with van der Waals surface area (Å²) in [6, 6.07) is 9.96. The molecule has 1 aromatic carbocycles. The van der Waals surface area contributed by atoms with Gasteiger partial charge in [0.2, 0.25) is 10.0 Å². The van der Waals surface area contributed by atoms with Crippen molar-refractivity contribution in [2.75, 3.05) is 6.54 Å². The number of aryl methyl sites for hydroxylation is 4. The molecule has 2 heterocycles. The van der Waals surface area contributed by atoms with Gasteiger partial charge >= 0.3 is 0 Å². The average Bonchev–Trinajstić information content (AvgIpc) is 3.09. The summed E-state index contributed by atoms with van der Waals surface area (Å²) in [5, 5.41) is 8.15. The normalized spacial score (nSPS) is 11.8. The highest BCUT2D eigenvalue weighted by molar-refractivity contribution is 7.89. The summed E-state index contributed by atoms with van der Waals surface area (Å²) in [7, 11) is -3.62. The molecule has 0 saturated carbocycles. The summed E-state index contributed by atoms with van der Waals surface area (Å²) < 4.78 is 34.2. The number of nitrogens with zero attached hydrogens (tertiary/aromatic N) is 3. The van der Waals surface area contributed by atoms with E-state index in [9.17, 15) is 8.42 Å². The van der Waals surface area contributed by atoms with Gasteiger partial charge < -0.3 is 4.52 Å². The van der Waals surface area contributed by atoms with Gasteiger partial charge in [-0.3, -0.25) is 0 Å². The zero-order valence-electron chi connectivity index (χ0n) is 15.3. The predicted molar refractivity (Wildman–Crippen MR) is 97.9 cm³/mol. The maximum Gasteiger partial charge on any atom is 0.245 e. The van der Waals surface area contributed by atoms with E-state index >= 15 is 0 Å². The maximum atomic E-state index is 12.4. The van der Waals surface area contributed by atoms with Gasteiger partial charge in [-0.25, -0.2) is 17.8 Å². The molecule has 8 heteroatoms. The molecule has 0 amide bonds. The first-order valence-corrected chi connectivity index (χ1v) is 9.81. The molecule has 7 nitrogen and oxygen atoms in total. The molecule has 26 heavy (non-hydrogen) atoms. The highest BCUT2D eigenvalue weighted by atomic mass is 32.2. The van der Waals surface area contributed by atoms with Crippen LogP contribution in [0, 0.1) is 27.7 Å². The largest absolute Gasteiger partial charge is 0.360 e. The molecule has 3 rings (SSSR count). The van der Waals surface area contributed by atoms with E-state index in [1.54, 1.807) is 13.8 Å². The van der Waals surface area contributed by atoms with Gasteiger partial charge in [-0.15, -0.1) is 0 Å². The summed E-state index contributed by atoms with van der Waals surface area (Å²) in [4.78, 5) is 0.123. The van der Waals surface area contributed by atoms with Gasteiger partial charge in [0.15, 0.2) is 5.76 Å². The first kappa shape index (κ1) is 18.3. The SMILES string of the molecule is Cc1cc(C)n(-c2ccc(CCNS(=O)(=O)c3c(C)noc3C)cc2)n1. The van der Waals surface area contributed by atoms with Crippen molar-refractivity contribution < 1.29 is 12.9 Å². The van der Waals surface area contributed by atoms with E-state index in [2.05, 4.69) is 15.0 Å². The fourth-order valence-corrected chi connectivity index (χ4v) is 4.31. The number of sulfonamides is 1. The van der Waals surface area contributed by atoms with Crippen molar-refractivity contribution >= 4 is 10.0 Å². The predicted octanol–water partition coefficient (Wildman–Crippen LogP) is 2.61. The minimum absolute atomic E-state index is 0.123. The van der Waals surface area contributed by atoms with Crippen LogP contribution in [-0.2, 0) is 16.4 Å². The lowest BCUT2D eigenvalue weighted by atomic mass is 10.1. The summed E-state index contributed by atoms with van der Waals surface area (Å²) in [5.41, 5.74) is 4.43. The third-order valence-electron chi connectivity index (χ3n) is 4.13.